The highest BCUT2D eigenvalue weighted by Crippen LogP contribution is 2.38. The lowest BCUT2D eigenvalue weighted by Crippen LogP contribution is -2.02. The van der Waals surface area contributed by atoms with Crippen LogP contribution in [-0.4, -0.2) is 7.11 Å². The van der Waals surface area contributed by atoms with Crippen LogP contribution in [0.25, 0.3) is 11.1 Å². The highest BCUT2D eigenvalue weighted by Gasteiger charge is 2.21. The van der Waals surface area contributed by atoms with Gasteiger partial charge in [-0.25, -0.2) is 13.2 Å². The molecule has 0 radical (unpaired) electrons. The van der Waals surface area contributed by atoms with Crippen molar-refractivity contribution in [3.8, 4) is 16.9 Å². The highest BCUT2D eigenvalue weighted by atomic mass is 79.9. The van der Waals surface area contributed by atoms with Gasteiger partial charge in [0.25, 0.3) is 0 Å². The third-order valence-electron chi connectivity index (χ3n) is 2.64. The van der Waals surface area contributed by atoms with Crippen molar-refractivity contribution in [3.63, 3.8) is 0 Å². The van der Waals surface area contributed by atoms with E-state index in [0.29, 0.717) is 4.47 Å². The number of nitrogen functional groups attached to an aromatic ring is 1. The first kappa shape index (κ1) is 16.3. The van der Waals surface area contributed by atoms with Gasteiger partial charge in [-0.2, -0.15) is 0 Å². The smallest absolute Gasteiger partial charge is 0.175 e. The van der Waals surface area contributed by atoms with Crippen LogP contribution in [0.5, 0.6) is 5.75 Å². The van der Waals surface area contributed by atoms with E-state index in [0.717, 1.165) is 12.1 Å². The minimum Gasteiger partial charge on any atom is -0.494 e. The van der Waals surface area contributed by atoms with E-state index < -0.39 is 23.1 Å². The van der Waals surface area contributed by atoms with Gasteiger partial charge in [-0.05, 0) is 12.1 Å². The fraction of sp³-hybridized carbons (Fsp3) is 0.0769. The molecule has 2 rings (SSSR count). The Morgan fingerprint density at radius 2 is 1.75 bits per heavy atom. The zero-order chi connectivity index (χ0) is 14.2. The molecule has 0 bridgehead atoms. The van der Waals surface area contributed by atoms with Crippen LogP contribution in [0.2, 0.25) is 0 Å². The predicted octanol–water partition coefficient (Wildman–Crippen LogP) is 4.29. The van der Waals surface area contributed by atoms with E-state index in [4.69, 9.17) is 10.5 Å². The van der Waals surface area contributed by atoms with Gasteiger partial charge in [-0.3, -0.25) is 0 Å². The van der Waals surface area contributed by atoms with Crippen LogP contribution in [-0.2, 0) is 0 Å². The fourth-order valence-electron chi connectivity index (χ4n) is 1.72. The molecule has 0 aliphatic heterocycles. The van der Waals surface area contributed by atoms with E-state index in [2.05, 4.69) is 15.9 Å². The van der Waals surface area contributed by atoms with Crippen LogP contribution in [0.3, 0.4) is 0 Å². The van der Waals surface area contributed by atoms with Gasteiger partial charge in [0, 0.05) is 16.1 Å². The average Bonchev–Trinajstić information content (AvgIpc) is 2.36. The van der Waals surface area contributed by atoms with E-state index in [9.17, 15) is 13.2 Å². The first-order valence-corrected chi connectivity index (χ1v) is 6.02. The van der Waals surface area contributed by atoms with Gasteiger partial charge in [0.15, 0.2) is 17.4 Å². The summed E-state index contributed by atoms with van der Waals surface area (Å²) in [7, 11) is 1.19. The second kappa shape index (κ2) is 6.15. The van der Waals surface area contributed by atoms with Gasteiger partial charge >= 0.3 is 0 Å². The van der Waals surface area contributed by atoms with E-state index >= 15 is 0 Å². The Balaban J connectivity index is 0.00000200. The van der Waals surface area contributed by atoms with Crippen molar-refractivity contribution in [2.24, 2.45) is 0 Å². The zero-order valence-electron chi connectivity index (χ0n) is 10.5. The Morgan fingerprint density at radius 1 is 1.10 bits per heavy atom. The van der Waals surface area contributed by atoms with Crippen molar-refractivity contribution in [2.45, 2.75) is 0 Å². The van der Waals surface area contributed by atoms with E-state index in [1.165, 1.54) is 19.2 Å². The number of ether oxygens (including phenoxy) is 1. The van der Waals surface area contributed by atoms with Crippen molar-refractivity contribution in [1.82, 2.24) is 6.15 Å². The average molecular weight is 349 g/mol. The summed E-state index contributed by atoms with van der Waals surface area (Å²) in [4.78, 5) is 0. The van der Waals surface area contributed by atoms with Crippen molar-refractivity contribution < 1.29 is 17.9 Å². The SMILES string of the molecule is COc1cc(F)c(N)c(-c2ccc(Br)cc2F)c1F.N. The van der Waals surface area contributed by atoms with Crippen LogP contribution < -0.4 is 16.6 Å². The molecular weight excluding hydrogens is 337 g/mol. The molecule has 0 spiro atoms. The Hall–Kier alpha value is -1.73. The molecular formula is C13H12BrF3N2O. The summed E-state index contributed by atoms with van der Waals surface area (Å²) in [6.07, 6.45) is 0. The van der Waals surface area contributed by atoms with E-state index in [-0.39, 0.29) is 23.0 Å². The molecule has 0 saturated carbocycles. The molecule has 0 heterocycles. The molecule has 0 amide bonds. The molecule has 7 heteroatoms. The second-order valence-electron chi connectivity index (χ2n) is 3.79. The molecule has 0 unspecified atom stereocenters. The minimum absolute atomic E-state index is 0. The molecule has 0 fully saturated rings. The van der Waals surface area contributed by atoms with E-state index in [1.54, 1.807) is 0 Å². The minimum atomic E-state index is -0.900. The second-order valence-corrected chi connectivity index (χ2v) is 4.70. The Labute approximate surface area is 122 Å². The number of hydrogen-bond donors (Lipinski definition) is 2. The Bertz CT molecular complexity index is 650. The molecule has 0 aliphatic rings. The molecule has 3 nitrogen and oxygen atoms in total. The summed E-state index contributed by atoms with van der Waals surface area (Å²) in [5.74, 6) is -2.81. The molecule has 20 heavy (non-hydrogen) atoms. The third kappa shape index (κ3) is 2.73. The van der Waals surface area contributed by atoms with Crippen molar-refractivity contribution in [2.75, 3.05) is 12.8 Å². The van der Waals surface area contributed by atoms with Gasteiger partial charge in [0.05, 0.1) is 18.4 Å². The maximum atomic E-state index is 14.1. The monoisotopic (exact) mass is 348 g/mol. The molecule has 0 aliphatic carbocycles. The van der Waals surface area contributed by atoms with Crippen molar-refractivity contribution in [1.29, 1.82) is 0 Å². The van der Waals surface area contributed by atoms with Crippen LogP contribution in [0.15, 0.2) is 28.7 Å². The number of rotatable bonds is 2. The molecule has 2 aromatic carbocycles. The molecule has 0 aromatic heterocycles. The van der Waals surface area contributed by atoms with Crippen LogP contribution in [0.4, 0.5) is 18.9 Å². The maximum absolute atomic E-state index is 14.1. The fourth-order valence-corrected chi connectivity index (χ4v) is 2.05. The Morgan fingerprint density at radius 3 is 2.30 bits per heavy atom. The summed E-state index contributed by atoms with van der Waals surface area (Å²) in [5.41, 5.74) is 4.56. The lowest BCUT2D eigenvalue weighted by molar-refractivity contribution is 0.384. The van der Waals surface area contributed by atoms with Gasteiger partial charge in [0.1, 0.15) is 5.82 Å². The molecule has 0 saturated heterocycles. The molecule has 2 aromatic rings. The predicted molar refractivity (Wildman–Crippen MR) is 75.4 cm³/mol. The number of halogens is 4. The Kier molecular flexibility index (Phi) is 5.02. The summed E-state index contributed by atoms with van der Waals surface area (Å²) in [6.45, 7) is 0. The number of nitrogens with two attached hydrogens (primary N) is 1. The van der Waals surface area contributed by atoms with Crippen molar-refractivity contribution in [3.05, 3.63) is 46.2 Å². The number of methoxy groups -OCH3 is 1. The van der Waals surface area contributed by atoms with Crippen molar-refractivity contribution >= 4 is 21.6 Å². The largest absolute Gasteiger partial charge is 0.494 e. The number of anilines is 1. The van der Waals surface area contributed by atoms with Gasteiger partial charge in [-0.1, -0.05) is 22.0 Å². The van der Waals surface area contributed by atoms with E-state index in [1.807, 2.05) is 0 Å². The summed E-state index contributed by atoms with van der Waals surface area (Å²) in [5, 5.41) is 0. The standard InChI is InChI=1S/C13H9BrF3NO.H3N/c1-19-10-5-9(16)13(18)11(12(10)17)7-3-2-6(14)4-8(7)15;/h2-5H,18H2,1H3;1H3. The number of benzene rings is 2. The van der Waals surface area contributed by atoms with Crippen LogP contribution >= 0.6 is 15.9 Å². The first-order chi connectivity index (χ1) is 8.95. The zero-order valence-corrected chi connectivity index (χ0v) is 12.1. The maximum Gasteiger partial charge on any atom is 0.175 e. The summed E-state index contributed by atoms with van der Waals surface area (Å²) >= 11 is 3.08. The van der Waals surface area contributed by atoms with Gasteiger partial charge in [0.2, 0.25) is 0 Å². The normalized spacial score (nSPS) is 10.1. The first-order valence-electron chi connectivity index (χ1n) is 5.22. The lowest BCUT2D eigenvalue weighted by Gasteiger charge is -2.12. The number of hydrogen-bond acceptors (Lipinski definition) is 3. The van der Waals surface area contributed by atoms with Crippen LogP contribution in [0.1, 0.15) is 0 Å². The quantitative estimate of drug-likeness (QED) is 0.795. The summed E-state index contributed by atoms with van der Waals surface area (Å²) < 4.78 is 46.8. The third-order valence-corrected chi connectivity index (χ3v) is 3.13. The molecule has 0 atom stereocenters. The highest BCUT2D eigenvalue weighted by molar-refractivity contribution is 9.10. The lowest BCUT2D eigenvalue weighted by atomic mass is 10.0. The topological polar surface area (TPSA) is 70.2 Å². The van der Waals surface area contributed by atoms with Gasteiger partial charge < -0.3 is 16.6 Å². The van der Waals surface area contributed by atoms with Crippen LogP contribution in [0, 0.1) is 17.5 Å². The molecule has 108 valence electrons. The van der Waals surface area contributed by atoms with Gasteiger partial charge in [-0.15, -0.1) is 0 Å². The summed E-state index contributed by atoms with van der Waals surface area (Å²) in [6, 6.07) is 4.79. The molecule has 5 N–H and O–H groups in total.